The molecule has 1 rings (SSSR count). The van der Waals surface area contributed by atoms with E-state index in [2.05, 4.69) is 4.72 Å². The van der Waals surface area contributed by atoms with E-state index in [0.717, 1.165) is 25.7 Å². The summed E-state index contributed by atoms with van der Waals surface area (Å²) in [4.78, 5) is 11.1. The molecule has 2 atom stereocenters. The van der Waals surface area contributed by atoms with Gasteiger partial charge in [0.1, 0.15) is 0 Å². The lowest BCUT2D eigenvalue weighted by Gasteiger charge is -2.28. The van der Waals surface area contributed by atoms with Gasteiger partial charge in [0.25, 0.3) is 0 Å². The van der Waals surface area contributed by atoms with Crippen molar-refractivity contribution in [2.45, 2.75) is 51.1 Å². The van der Waals surface area contributed by atoms with Gasteiger partial charge in [-0.25, -0.2) is 13.1 Å². The van der Waals surface area contributed by atoms with Gasteiger partial charge in [0.2, 0.25) is 10.0 Å². The summed E-state index contributed by atoms with van der Waals surface area (Å²) in [5, 5.41) is 0. The van der Waals surface area contributed by atoms with Crippen LogP contribution in [0.25, 0.3) is 0 Å². The first-order chi connectivity index (χ1) is 8.44. The molecule has 1 aliphatic rings. The highest BCUT2D eigenvalue weighted by molar-refractivity contribution is 7.89. The molecule has 7 heteroatoms. The smallest absolute Gasteiger partial charge is 0.306 e. The Morgan fingerprint density at radius 1 is 1.39 bits per heavy atom. The first kappa shape index (κ1) is 15.4. The zero-order chi connectivity index (χ0) is 13.6. The summed E-state index contributed by atoms with van der Waals surface area (Å²) in [5.41, 5.74) is 5.87. The fourth-order valence-electron chi connectivity index (χ4n) is 2.05. The molecule has 0 amide bonds. The molecule has 0 aromatic rings. The maximum absolute atomic E-state index is 11.8. The maximum atomic E-state index is 11.8. The van der Waals surface area contributed by atoms with Crippen molar-refractivity contribution in [3.8, 4) is 0 Å². The van der Waals surface area contributed by atoms with Crippen molar-refractivity contribution in [2.24, 2.45) is 5.73 Å². The zero-order valence-corrected chi connectivity index (χ0v) is 11.5. The van der Waals surface area contributed by atoms with E-state index in [1.54, 1.807) is 6.92 Å². The van der Waals surface area contributed by atoms with Gasteiger partial charge in [-0.2, -0.15) is 0 Å². The Labute approximate surface area is 108 Å². The molecule has 2 unspecified atom stereocenters. The van der Waals surface area contributed by atoms with E-state index in [1.165, 1.54) is 0 Å². The standard InChI is InChI=1S/C11H22N2O4S/c1-2-17-11(14)7-8-18(15,16)13-10-6-4-3-5-9(10)12/h9-10,13H,2-8,12H2,1H3. The van der Waals surface area contributed by atoms with Gasteiger partial charge in [-0.3, -0.25) is 4.79 Å². The second kappa shape index (κ2) is 7.06. The normalized spacial score (nSPS) is 24.8. The van der Waals surface area contributed by atoms with Gasteiger partial charge in [0.05, 0.1) is 18.8 Å². The molecule has 6 nitrogen and oxygen atoms in total. The van der Waals surface area contributed by atoms with Crippen LogP contribution < -0.4 is 10.5 Å². The highest BCUT2D eigenvalue weighted by atomic mass is 32.2. The SMILES string of the molecule is CCOC(=O)CCS(=O)(=O)NC1CCCCC1N. The van der Waals surface area contributed by atoms with Crippen LogP contribution in [0, 0.1) is 0 Å². The lowest BCUT2D eigenvalue weighted by molar-refractivity contribution is -0.142. The number of hydrogen-bond donors (Lipinski definition) is 2. The van der Waals surface area contributed by atoms with Crippen LogP contribution in [0.1, 0.15) is 39.0 Å². The first-order valence-electron chi connectivity index (χ1n) is 6.36. The molecule has 1 fully saturated rings. The van der Waals surface area contributed by atoms with Crippen molar-refractivity contribution < 1.29 is 17.9 Å². The van der Waals surface area contributed by atoms with Gasteiger partial charge >= 0.3 is 5.97 Å². The number of hydrogen-bond acceptors (Lipinski definition) is 5. The Morgan fingerprint density at radius 3 is 2.67 bits per heavy atom. The molecule has 0 aliphatic heterocycles. The average Bonchev–Trinajstić information content (AvgIpc) is 2.30. The highest BCUT2D eigenvalue weighted by Crippen LogP contribution is 2.17. The van der Waals surface area contributed by atoms with Crippen molar-refractivity contribution in [1.29, 1.82) is 0 Å². The lowest BCUT2D eigenvalue weighted by atomic mass is 9.92. The van der Waals surface area contributed by atoms with Gasteiger partial charge in [-0.15, -0.1) is 0 Å². The molecule has 0 aromatic carbocycles. The van der Waals surface area contributed by atoms with Crippen LogP contribution in [-0.4, -0.2) is 38.8 Å². The topological polar surface area (TPSA) is 98.5 Å². The monoisotopic (exact) mass is 278 g/mol. The van der Waals surface area contributed by atoms with Crippen molar-refractivity contribution in [3.05, 3.63) is 0 Å². The Kier molecular flexibility index (Phi) is 6.04. The molecular weight excluding hydrogens is 256 g/mol. The molecule has 0 aromatic heterocycles. The number of carbonyl (C=O) groups excluding carboxylic acids is 1. The average molecular weight is 278 g/mol. The highest BCUT2D eigenvalue weighted by Gasteiger charge is 2.26. The molecule has 0 bridgehead atoms. The van der Waals surface area contributed by atoms with Gasteiger partial charge in [-0.05, 0) is 19.8 Å². The minimum atomic E-state index is -3.46. The van der Waals surface area contributed by atoms with Crippen LogP contribution in [-0.2, 0) is 19.6 Å². The summed E-state index contributed by atoms with van der Waals surface area (Å²) in [6.45, 7) is 1.95. The van der Waals surface area contributed by atoms with E-state index < -0.39 is 16.0 Å². The van der Waals surface area contributed by atoms with Crippen molar-refractivity contribution in [3.63, 3.8) is 0 Å². The van der Waals surface area contributed by atoms with Crippen LogP contribution in [0.15, 0.2) is 0 Å². The summed E-state index contributed by atoms with van der Waals surface area (Å²) in [7, 11) is -3.46. The molecule has 0 heterocycles. The third-order valence-electron chi connectivity index (χ3n) is 3.03. The number of nitrogens with one attached hydrogen (secondary N) is 1. The van der Waals surface area contributed by atoms with E-state index in [9.17, 15) is 13.2 Å². The Bertz CT molecular complexity index is 369. The summed E-state index contributed by atoms with van der Waals surface area (Å²) in [5.74, 6) is -0.731. The van der Waals surface area contributed by atoms with E-state index in [-0.39, 0.29) is 30.9 Å². The predicted molar refractivity (Wildman–Crippen MR) is 68.4 cm³/mol. The van der Waals surface area contributed by atoms with E-state index in [1.807, 2.05) is 0 Å². The molecule has 1 saturated carbocycles. The quantitative estimate of drug-likeness (QED) is 0.673. The van der Waals surface area contributed by atoms with E-state index in [4.69, 9.17) is 10.5 Å². The van der Waals surface area contributed by atoms with E-state index >= 15 is 0 Å². The van der Waals surface area contributed by atoms with Gasteiger partial charge in [-0.1, -0.05) is 12.8 Å². The molecular formula is C11H22N2O4S. The summed E-state index contributed by atoms with van der Waals surface area (Å²) >= 11 is 0. The molecule has 3 N–H and O–H groups in total. The Balaban J connectivity index is 2.41. The largest absolute Gasteiger partial charge is 0.466 e. The second-order valence-electron chi connectivity index (χ2n) is 4.55. The van der Waals surface area contributed by atoms with Crippen LogP contribution in [0.3, 0.4) is 0 Å². The molecule has 18 heavy (non-hydrogen) atoms. The zero-order valence-electron chi connectivity index (χ0n) is 10.7. The van der Waals surface area contributed by atoms with E-state index in [0.29, 0.717) is 0 Å². The van der Waals surface area contributed by atoms with Gasteiger partial charge in [0.15, 0.2) is 0 Å². The predicted octanol–water partition coefficient (Wildman–Crippen LogP) is 0.129. The number of carbonyl (C=O) groups is 1. The van der Waals surface area contributed by atoms with Crippen molar-refractivity contribution in [1.82, 2.24) is 4.72 Å². The maximum Gasteiger partial charge on any atom is 0.306 e. The fraction of sp³-hybridized carbons (Fsp3) is 0.909. The van der Waals surface area contributed by atoms with Crippen LogP contribution >= 0.6 is 0 Å². The fourth-order valence-corrected chi connectivity index (χ4v) is 3.35. The third kappa shape index (κ3) is 5.32. The first-order valence-corrected chi connectivity index (χ1v) is 8.01. The van der Waals surface area contributed by atoms with Crippen LogP contribution in [0.4, 0.5) is 0 Å². The summed E-state index contributed by atoms with van der Waals surface area (Å²) < 4.78 is 30.8. The number of rotatable bonds is 6. The summed E-state index contributed by atoms with van der Waals surface area (Å²) in [6.07, 6.45) is 3.51. The van der Waals surface area contributed by atoms with Gasteiger partial charge in [0, 0.05) is 12.1 Å². The number of nitrogens with two attached hydrogens (primary N) is 1. The number of esters is 1. The minimum Gasteiger partial charge on any atom is -0.466 e. The van der Waals surface area contributed by atoms with Crippen molar-refractivity contribution in [2.75, 3.05) is 12.4 Å². The van der Waals surface area contributed by atoms with Gasteiger partial charge < -0.3 is 10.5 Å². The Hall–Kier alpha value is -0.660. The van der Waals surface area contributed by atoms with Crippen molar-refractivity contribution >= 4 is 16.0 Å². The molecule has 0 saturated heterocycles. The lowest BCUT2D eigenvalue weighted by Crippen LogP contribution is -2.49. The molecule has 0 radical (unpaired) electrons. The second-order valence-corrected chi connectivity index (χ2v) is 6.42. The summed E-state index contributed by atoms with van der Waals surface area (Å²) in [6, 6.07) is -0.331. The Morgan fingerprint density at radius 2 is 2.06 bits per heavy atom. The molecule has 0 spiro atoms. The van der Waals surface area contributed by atoms with Crippen LogP contribution in [0.5, 0.6) is 0 Å². The van der Waals surface area contributed by atoms with Crippen LogP contribution in [0.2, 0.25) is 0 Å². The third-order valence-corrected chi connectivity index (χ3v) is 4.43. The molecule has 1 aliphatic carbocycles. The molecule has 106 valence electrons. The number of ether oxygens (including phenoxy) is 1. The minimum absolute atomic E-state index is 0.120. The number of sulfonamides is 1.